The van der Waals surface area contributed by atoms with E-state index in [1.807, 2.05) is 86.7 Å². The first-order chi connectivity index (χ1) is 13.4. The van der Waals surface area contributed by atoms with E-state index in [1.165, 1.54) is 0 Å². The average molecular weight is 376 g/mol. The average Bonchev–Trinajstić information content (AvgIpc) is 3.40. The summed E-state index contributed by atoms with van der Waals surface area (Å²) >= 11 is 0. The zero-order valence-corrected chi connectivity index (χ0v) is 16.1. The Morgan fingerprint density at radius 2 is 1.71 bits per heavy atom. The highest BCUT2D eigenvalue weighted by atomic mass is 16.6. The third-order valence-corrected chi connectivity index (χ3v) is 5.69. The highest BCUT2D eigenvalue weighted by Gasteiger charge is 2.61. The van der Waals surface area contributed by atoms with Gasteiger partial charge in [0, 0.05) is 11.3 Å². The Kier molecular flexibility index (Phi) is 4.58. The van der Waals surface area contributed by atoms with E-state index in [9.17, 15) is 9.59 Å². The third kappa shape index (κ3) is 3.35. The number of ether oxygens (including phenoxy) is 2. The largest absolute Gasteiger partial charge is 0.462 e. The van der Waals surface area contributed by atoms with Crippen LogP contribution in [0, 0.1) is 10.8 Å². The molecule has 0 bridgehead atoms. The molecule has 2 aromatic rings. The van der Waals surface area contributed by atoms with Crippen molar-refractivity contribution in [2.75, 3.05) is 6.61 Å². The van der Waals surface area contributed by atoms with Crippen molar-refractivity contribution in [1.82, 2.24) is 0 Å². The lowest BCUT2D eigenvalue weighted by molar-refractivity contribution is -0.166. The number of rotatable bonds is 5. The van der Waals surface area contributed by atoms with Crippen LogP contribution in [0.5, 0.6) is 0 Å². The highest BCUT2D eigenvalue weighted by molar-refractivity contribution is 5.89. The molecular weight excluding hydrogens is 352 g/mol. The SMILES string of the molecule is CC1(C)COC(=O)[C@@H]1OC(=O)[C@@]1(/C=C/c2ccccc2)C[C@@H]1c1ccccc1. The molecule has 0 spiro atoms. The molecule has 2 fully saturated rings. The van der Waals surface area contributed by atoms with E-state index in [1.54, 1.807) is 0 Å². The minimum Gasteiger partial charge on any atom is -0.462 e. The summed E-state index contributed by atoms with van der Waals surface area (Å²) in [7, 11) is 0. The Balaban J connectivity index is 1.62. The molecule has 1 saturated heterocycles. The van der Waals surface area contributed by atoms with Gasteiger partial charge in [-0.2, -0.15) is 0 Å². The lowest BCUT2D eigenvalue weighted by Crippen LogP contribution is -2.37. The van der Waals surface area contributed by atoms with Crippen LogP contribution in [0.25, 0.3) is 6.08 Å². The van der Waals surface area contributed by atoms with Gasteiger partial charge in [-0.25, -0.2) is 4.79 Å². The van der Waals surface area contributed by atoms with Crippen LogP contribution in [-0.4, -0.2) is 24.6 Å². The number of hydrogen-bond acceptors (Lipinski definition) is 4. The molecule has 0 N–H and O–H groups in total. The fourth-order valence-corrected chi connectivity index (χ4v) is 3.82. The molecule has 4 heteroatoms. The van der Waals surface area contributed by atoms with E-state index < -0.39 is 22.9 Å². The van der Waals surface area contributed by atoms with Crippen LogP contribution in [0.15, 0.2) is 66.7 Å². The summed E-state index contributed by atoms with van der Waals surface area (Å²) in [5, 5.41) is 0. The first kappa shape index (κ1) is 18.5. The van der Waals surface area contributed by atoms with Crippen LogP contribution < -0.4 is 0 Å². The number of benzene rings is 2. The fourth-order valence-electron chi connectivity index (χ4n) is 3.82. The van der Waals surface area contributed by atoms with Crippen molar-refractivity contribution in [3.05, 3.63) is 77.9 Å². The normalized spacial score (nSPS) is 28.1. The number of esters is 2. The maximum Gasteiger partial charge on any atom is 0.348 e. The Labute approximate surface area is 165 Å². The van der Waals surface area contributed by atoms with Crippen molar-refractivity contribution in [2.24, 2.45) is 10.8 Å². The number of carbonyl (C=O) groups is 2. The van der Waals surface area contributed by atoms with Crippen molar-refractivity contribution in [1.29, 1.82) is 0 Å². The standard InChI is InChI=1S/C24H24O4/c1-23(2)16-27-21(25)20(23)28-22(26)24(14-13-17-9-5-3-6-10-17)15-19(24)18-11-7-4-8-12-18/h3-14,19-20H,15-16H2,1-2H3/b14-13+/t19-,20+,24+/m1/s1. The smallest absolute Gasteiger partial charge is 0.348 e. The maximum atomic E-state index is 13.2. The van der Waals surface area contributed by atoms with Crippen LogP contribution >= 0.6 is 0 Å². The van der Waals surface area contributed by atoms with Gasteiger partial charge in [-0.05, 0) is 17.5 Å². The van der Waals surface area contributed by atoms with Crippen LogP contribution in [-0.2, 0) is 19.1 Å². The predicted octanol–water partition coefficient (Wildman–Crippen LogP) is 4.37. The molecule has 1 saturated carbocycles. The van der Waals surface area contributed by atoms with Crippen LogP contribution in [0.3, 0.4) is 0 Å². The zero-order chi connectivity index (χ0) is 19.8. The van der Waals surface area contributed by atoms with Crippen molar-refractivity contribution >= 4 is 18.0 Å². The van der Waals surface area contributed by atoms with Gasteiger partial charge in [0.25, 0.3) is 0 Å². The molecule has 4 rings (SSSR count). The molecule has 1 aliphatic heterocycles. The summed E-state index contributed by atoms with van der Waals surface area (Å²) in [6.45, 7) is 4.02. The molecule has 0 unspecified atom stereocenters. The van der Waals surface area contributed by atoms with E-state index in [0.29, 0.717) is 6.42 Å². The molecule has 28 heavy (non-hydrogen) atoms. The molecule has 2 aliphatic rings. The van der Waals surface area contributed by atoms with E-state index in [2.05, 4.69) is 0 Å². The van der Waals surface area contributed by atoms with Gasteiger partial charge < -0.3 is 9.47 Å². The van der Waals surface area contributed by atoms with Gasteiger partial charge in [-0.1, -0.05) is 86.7 Å². The number of cyclic esters (lactones) is 1. The van der Waals surface area contributed by atoms with Crippen molar-refractivity contribution in [3.63, 3.8) is 0 Å². The van der Waals surface area contributed by atoms with Gasteiger partial charge in [-0.3, -0.25) is 4.79 Å². The topological polar surface area (TPSA) is 52.6 Å². The van der Waals surface area contributed by atoms with Gasteiger partial charge in [0.15, 0.2) is 0 Å². The number of hydrogen-bond donors (Lipinski definition) is 0. The van der Waals surface area contributed by atoms with Crippen LogP contribution in [0.4, 0.5) is 0 Å². The quantitative estimate of drug-likeness (QED) is 0.727. The van der Waals surface area contributed by atoms with E-state index in [-0.39, 0.29) is 18.5 Å². The van der Waals surface area contributed by atoms with E-state index in [4.69, 9.17) is 9.47 Å². The van der Waals surface area contributed by atoms with Gasteiger partial charge >= 0.3 is 11.9 Å². The monoisotopic (exact) mass is 376 g/mol. The predicted molar refractivity (Wildman–Crippen MR) is 106 cm³/mol. The maximum absolute atomic E-state index is 13.2. The molecule has 2 aromatic carbocycles. The summed E-state index contributed by atoms with van der Waals surface area (Å²) < 4.78 is 10.9. The lowest BCUT2D eigenvalue weighted by atomic mass is 9.89. The zero-order valence-electron chi connectivity index (χ0n) is 16.1. The van der Waals surface area contributed by atoms with Crippen molar-refractivity contribution in [3.8, 4) is 0 Å². The summed E-state index contributed by atoms with van der Waals surface area (Å²) in [5.41, 5.74) is 0.851. The molecule has 0 amide bonds. The van der Waals surface area contributed by atoms with E-state index >= 15 is 0 Å². The Hall–Kier alpha value is -2.88. The molecular formula is C24H24O4. The first-order valence-electron chi connectivity index (χ1n) is 9.59. The summed E-state index contributed by atoms with van der Waals surface area (Å²) in [4.78, 5) is 25.3. The summed E-state index contributed by atoms with van der Waals surface area (Å²) in [6, 6.07) is 19.8. The van der Waals surface area contributed by atoms with Crippen LogP contribution in [0.1, 0.15) is 37.3 Å². The molecule has 4 nitrogen and oxygen atoms in total. The second-order valence-electron chi connectivity index (χ2n) is 8.33. The van der Waals surface area contributed by atoms with E-state index in [0.717, 1.165) is 11.1 Å². The van der Waals surface area contributed by atoms with Gasteiger partial charge in [0.1, 0.15) is 6.61 Å². The fraction of sp³-hybridized carbons (Fsp3) is 0.333. The Bertz CT molecular complexity index is 901. The van der Waals surface area contributed by atoms with Gasteiger partial charge in [0.05, 0.1) is 5.41 Å². The molecule has 0 aromatic heterocycles. The minimum absolute atomic E-state index is 0.0432. The molecule has 1 heterocycles. The summed E-state index contributed by atoms with van der Waals surface area (Å²) in [6.07, 6.45) is 3.71. The Morgan fingerprint density at radius 3 is 2.32 bits per heavy atom. The first-order valence-corrected chi connectivity index (χ1v) is 9.59. The van der Waals surface area contributed by atoms with Crippen LogP contribution in [0.2, 0.25) is 0 Å². The third-order valence-electron chi connectivity index (χ3n) is 5.69. The lowest BCUT2D eigenvalue weighted by Gasteiger charge is -2.24. The summed E-state index contributed by atoms with van der Waals surface area (Å²) in [5.74, 6) is -0.774. The molecule has 144 valence electrons. The highest BCUT2D eigenvalue weighted by Crippen LogP contribution is 2.61. The number of carbonyl (C=O) groups excluding carboxylic acids is 2. The molecule has 1 aliphatic carbocycles. The van der Waals surface area contributed by atoms with Crippen molar-refractivity contribution in [2.45, 2.75) is 32.3 Å². The Morgan fingerprint density at radius 1 is 1.07 bits per heavy atom. The second-order valence-corrected chi connectivity index (χ2v) is 8.33. The van der Waals surface area contributed by atoms with Gasteiger partial charge in [-0.15, -0.1) is 0 Å². The van der Waals surface area contributed by atoms with Crippen molar-refractivity contribution < 1.29 is 19.1 Å². The minimum atomic E-state index is -0.862. The van der Waals surface area contributed by atoms with Gasteiger partial charge in [0.2, 0.25) is 6.10 Å². The second kappa shape index (κ2) is 6.93. The molecule has 3 atom stereocenters. The molecule has 0 radical (unpaired) electrons.